The van der Waals surface area contributed by atoms with E-state index < -0.39 is 22.4 Å². The molecule has 0 aliphatic carbocycles. The fourth-order valence-corrected chi connectivity index (χ4v) is 2.87. The van der Waals surface area contributed by atoms with E-state index in [1.807, 2.05) is 19.1 Å². The third-order valence-electron chi connectivity index (χ3n) is 3.53. The van der Waals surface area contributed by atoms with Gasteiger partial charge in [-0.2, -0.15) is 0 Å². The number of nitro benzene ring substituents is 1. The summed E-state index contributed by atoms with van der Waals surface area (Å²) in [6, 6.07) is 6.48. The van der Waals surface area contributed by atoms with Crippen molar-refractivity contribution in [1.29, 1.82) is 0 Å². The van der Waals surface area contributed by atoms with E-state index in [1.165, 1.54) is 6.92 Å². The van der Waals surface area contributed by atoms with E-state index in [4.69, 9.17) is 0 Å². The van der Waals surface area contributed by atoms with Gasteiger partial charge in [0.25, 0.3) is 5.69 Å². The first-order valence-electron chi connectivity index (χ1n) is 6.85. The van der Waals surface area contributed by atoms with Crippen LogP contribution in [0.25, 0.3) is 0 Å². The molecule has 0 atom stereocenters. The zero-order valence-corrected chi connectivity index (χ0v) is 15.3. The van der Waals surface area contributed by atoms with Gasteiger partial charge in [0.05, 0.1) is 28.8 Å². The predicted octanol–water partition coefficient (Wildman–Crippen LogP) is 4.49. The summed E-state index contributed by atoms with van der Waals surface area (Å²) in [6.45, 7) is 3.12. The van der Waals surface area contributed by atoms with Crippen molar-refractivity contribution in [1.82, 2.24) is 0 Å². The number of hydrogen-bond donors (Lipinski definition) is 1. The molecule has 0 amide bonds. The van der Waals surface area contributed by atoms with Crippen molar-refractivity contribution < 1.29 is 18.8 Å². The summed E-state index contributed by atoms with van der Waals surface area (Å²) in [7, 11) is 1.13. The van der Waals surface area contributed by atoms with Gasteiger partial charge in [0.15, 0.2) is 5.82 Å². The molecule has 0 saturated heterocycles. The number of nitrogens with zero attached hydrogens (tertiary/aromatic N) is 1. The van der Waals surface area contributed by atoms with Gasteiger partial charge < -0.3 is 10.1 Å². The molecule has 0 saturated carbocycles. The first-order chi connectivity index (χ1) is 11.3. The summed E-state index contributed by atoms with van der Waals surface area (Å²) in [4.78, 5) is 22.3. The van der Waals surface area contributed by atoms with Crippen molar-refractivity contribution in [3.63, 3.8) is 0 Å². The number of esters is 1. The summed E-state index contributed by atoms with van der Waals surface area (Å²) in [5.74, 6) is -1.72. The van der Waals surface area contributed by atoms with Gasteiger partial charge in [-0.25, -0.2) is 9.18 Å². The van der Waals surface area contributed by atoms with Crippen LogP contribution in [-0.4, -0.2) is 18.0 Å². The van der Waals surface area contributed by atoms with Gasteiger partial charge in [-0.3, -0.25) is 10.1 Å². The number of carbonyl (C=O) groups is 1. The predicted molar refractivity (Wildman–Crippen MR) is 96.3 cm³/mol. The second-order valence-electron chi connectivity index (χ2n) is 5.09. The van der Waals surface area contributed by atoms with Crippen LogP contribution < -0.4 is 5.32 Å². The number of nitrogens with one attached hydrogen (secondary N) is 1. The molecular weight excluding hydrogens is 430 g/mol. The van der Waals surface area contributed by atoms with Crippen LogP contribution in [0.4, 0.5) is 21.5 Å². The minimum absolute atomic E-state index is 0.144. The van der Waals surface area contributed by atoms with Crippen LogP contribution in [0.3, 0.4) is 0 Å². The Morgan fingerprint density at radius 1 is 1.33 bits per heavy atom. The summed E-state index contributed by atoms with van der Waals surface area (Å²) in [5.41, 5.74) is 0.427. The second kappa shape index (κ2) is 7.12. The quantitative estimate of drug-likeness (QED) is 0.326. The van der Waals surface area contributed by atoms with Crippen molar-refractivity contribution in [2.75, 3.05) is 12.4 Å². The Bertz CT molecular complexity index is 839. The molecule has 126 valence electrons. The van der Waals surface area contributed by atoms with E-state index in [1.54, 1.807) is 6.07 Å². The van der Waals surface area contributed by atoms with E-state index in [9.17, 15) is 19.3 Å². The monoisotopic (exact) mass is 444 g/mol. The van der Waals surface area contributed by atoms with Gasteiger partial charge in [0, 0.05) is 15.3 Å². The minimum atomic E-state index is -0.859. The Morgan fingerprint density at radius 2 is 2.00 bits per heavy atom. The third-order valence-corrected chi connectivity index (χ3v) is 4.20. The topological polar surface area (TPSA) is 81.5 Å². The smallest absolute Gasteiger partial charge is 0.340 e. The maximum atomic E-state index is 14.7. The number of aryl methyl sites for hydroxylation is 1. The molecule has 8 heteroatoms. The highest BCUT2D eigenvalue weighted by molar-refractivity contribution is 14.1. The normalized spacial score (nSPS) is 10.4. The van der Waals surface area contributed by atoms with Crippen molar-refractivity contribution in [3.05, 3.63) is 60.5 Å². The molecule has 0 aliphatic heterocycles. The molecule has 0 spiro atoms. The van der Waals surface area contributed by atoms with Gasteiger partial charge in [-0.05, 0) is 60.2 Å². The number of hydrogen-bond acceptors (Lipinski definition) is 5. The van der Waals surface area contributed by atoms with Crippen molar-refractivity contribution in [2.24, 2.45) is 0 Å². The standard InChI is InChI=1S/C16H14FIN2O4/c1-8-6-10(18)4-5-12(8)19-15-11(16(21)24-3)7-13(20(22)23)9(2)14(15)17/h4-7,19H,1-3H3. The average Bonchev–Trinajstić information content (AvgIpc) is 2.53. The number of rotatable bonds is 4. The number of carbonyl (C=O) groups excluding carboxylic acids is 1. The SMILES string of the molecule is COC(=O)c1cc([N+](=O)[O-])c(C)c(F)c1Nc1ccc(I)cc1C. The van der Waals surface area contributed by atoms with E-state index in [2.05, 4.69) is 32.6 Å². The molecule has 0 aromatic heterocycles. The molecule has 0 radical (unpaired) electrons. The fraction of sp³-hybridized carbons (Fsp3) is 0.188. The fourth-order valence-electron chi connectivity index (χ4n) is 2.22. The second-order valence-corrected chi connectivity index (χ2v) is 6.34. The first kappa shape index (κ1) is 18.1. The van der Waals surface area contributed by atoms with Crippen molar-refractivity contribution in [2.45, 2.75) is 13.8 Å². The van der Waals surface area contributed by atoms with Gasteiger partial charge in [0.1, 0.15) is 0 Å². The highest BCUT2D eigenvalue weighted by atomic mass is 127. The van der Waals surface area contributed by atoms with Crippen LogP contribution in [0.15, 0.2) is 24.3 Å². The molecule has 6 nitrogen and oxygen atoms in total. The summed E-state index contributed by atoms with van der Waals surface area (Å²) in [5, 5.41) is 13.9. The number of anilines is 2. The zero-order chi connectivity index (χ0) is 18.0. The largest absolute Gasteiger partial charge is 0.465 e. The molecule has 1 N–H and O–H groups in total. The number of ether oxygens (including phenoxy) is 1. The lowest BCUT2D eigenvalue weighted by Crippen LogP contribution is -2.11. The number of nitro groups is 1. The minimum Gasteiger partial charge on any atom is -0.465 e. The number of methoxy groups -OCH3 is 1. The molecule has 2 aromatic carbocycles. The molecule has 0 aliphatic rings. The lowest BCUT2D eigenvalue weighted by Gasteiger charge is -2.15. The molecule has 0 heterocycles. The highest BCUT2D eigenvalue weighted by Gasteiger charge is 2.26. The van der Waals surface area contributed by atoms with Gasteiger partial charge >= 0.3 is 5.97 Å². The molecule has 2 rings (SSSR count). The van der Waals surface area contributed by atoms with Gasteiger partial charge in [-0.15, -0.1) is 0 Å². The molecule has 0 bridgehead atoms. The summed E-state index contributed by atoms with van der Waals surface area (Å²) in [6.07, 6.45) is 0. The maximum absolute atomic E-state index is 14.7. The van der Waals surface area contributed by atoms with Crippen LogP contribution in [0.1, 0.15) is 21.5 Å². The van der Waals surface area contributed by atoms with Crippen molar-refractivity contribution in [3.8, 4) is 0 Å². The van der Waals surface area contributed by atoms with Crippen LogP contribution in [0, 0.1) is 33.3 Å². The zero-order valence-electron chi connectivity index (χ0n) is 13.1. The lowest BCUT2D eigenvalue weighted by atomic mass is 10.1. The van der Waals surface area contributed by atoms with E-state index in [0.29, 0.717) is 5.69 Å². The van der Waals surface area contributed by atoms with E-state index in [0.717, 1.165) is 22.3 Å². The summed E-state index contributed by atoms with van der Waals surface area (Å²) < 4.78 is 20.3. The molecule has 24 heavy (non-hydrogen) atoms. The number of benzene rings is 2. The Kier molecular flexibility index (Phi) is 5.37. The lowest BCUT2D eigenvalue weighted by molar-refractivity contribution is -0.385. The first-order valence-corrected chi connectivity index (χ1v) is 7.93. The Labute approximate surface area is 151 Å². The van der Waals surface area contributed by atoms with Crippen LogP contribution in [0.2, 0.25) is 0 Å². The molecule has 0 unspecified atom stereocenters. The van der Waals surface area contributed by atoms with E-state index in [-0.39, 0.29) is 16.8 Å². The third kappa shape index (κ3) is 3.48. The Hall–Kier alpha value is -2.23. The van der Waals surface area contributed by atoms with Crippen LogP contribution >= 0.6 is 22.6 Å². The highest BCUT2D eigenvalue weighted by Crippen LogP contribution is 2.34. The molecule has 2 aromatic rings. The molecule has 0 fully saturated rings. The van der Waals surface area contributed by atoms with Gasteiger partial charge in [-0.1, -0.05) is 0 Å². The van der Waals surface area contributed by atoms with Gasteiger partial charge in [0.2, 0.25) is 0 Å². The van der Waals surface area contributed by atoms with Crippen LogP contribution in [0.5, 0.6) is 0 Å². The maximum Gasteiger partial charge on any atom is 0.340 e. The molecular formula is C16H14FIN2O4. The average molecular weight is 444 g/mol. The Morgan fingerprint density at radius 3 is 2.54 bits per heavy atom. The van der Waals surface area contributed by atoms with E-state index >= 15 is 0 Å². The van der Waals surface area contributed by atoms with Crippen molar-refractivity contribution >= 4 is 45.6 Å². The Balaban J connectivity index is 2.65. The summed E-state index contributed by atoms with van der Waals surface area (Å²) >= 11 is 2.15. The van der Waals surface area contributed by atoms with Crippen LogP contribution in [-0.2, 0) is 4.74 Å². The number of halogens is 2.